The number of allylic oxidation sites excluding steroid dienone is 1. The molecular weight excluding hydrogens is 261 g/mol. The minimum absolute atomic E-state index is 0.300. The largest absolute Gasteiger partial charge is 0.503 e. The summed E-state index contributed by atoms with van der Waals surface area (Å²) in [5.41, 5.74) is 0.312. The Morgan fingerprint density at radius 2 is 1.95 bits per heavy atom. The Bertz CT molecular complexity index is 730. The van der Waals surface area contributed by atoms with Gasteiger partial charge < -0.3 is 9.67 Å². The second-order valence-corrected chi connectivity index (χ2v) is 4.26. The number of hydrogen-bond donors (Lipinski definition) is 1. The van der Waals surface area contributed by atoms with E-state index in [0.29, 0.717) is 11.3 Å². The van der Waals surface area contributed by atoms with E-state index >= 15 is 0 Å². The van der Waals surface area contributed by atoms with Crippen LogP contribution in [0.3, 0.4) is 0 Å². The van der Waals surface area contributed by atoms with Crippen molar-refractivity contribution in [1.82, 2.24) is 4.57 Å². The quantitative estimate of drug-likeness (QED) is 0.688. The molecule has 0 atom stereocenters. The molecule has 0 spiro atoms. The number of aromatic nitrogens is 1. The number of halogens is 1. The molecule has 0 fully saturated rings. The highest BCUT2D eigenvalue weighted by Gasteiger charge is 2.03. The molecule has 0 aliphatic heterocycles. The first kappa shape index (κ1) is 13.7. The van der Waals surface area contributed by atoms with Crippen LogP contribution in [0.15, 0.2) is 47.4 Å². The number of rotatable bonds is 3. The minimum atomic E-state index is -0.517. The average Bonchev–Trinajstić information content (AvgIpc) is 2.42. The monoisotopic (exact) mass is 273 g/mol. The zero-order valence-corrected chi connectivity index (χ0v) is 10.7. The molecule has 0 saturated heterocycles. The van der Waals surface area contributed by atoms with Crippen LogP contribution in [0.4, 0.5) is 4.39 Å². The molecule has 20 heavy (non-hydrogen) atoms. The summed E-state index contributed by atoms with van der Waals surface area (Å²) in [6.07, 6.45) is 4.02. The molecule has 0 bridgehead atoms. The van der Waals surface area contributed by atoms with E-state index in [0.717, 1.165) is 0 Å². The van der Waals surface area contributed by atoms with E-state index in [1.54, 1.807) is 7.05 Å². The van der Waals surface area contributed by atoms with Gasteiger partial charge in [0.25, 0.3) is 0 Å². The molecule has 5 heteroatoms. The molecule has 0 unspecified atom stereocenters. The zero-order chi connectivity index (χ0) is 14.7. The topological polar surface area (TPSA) is 59.3 Å². The van der Waals surface area contributed by atoms with Crippen molar-refractivity contribution >= 4 is 11.9 Å². The van der Waals surface area contributed by atoms with Crippen LogP contribution < -0.4 is 5.43 Å². The normalized spacial score (nSPS) is 10.9. The maximum atomic E-state index is 12.7. The molecule has 0 saturated carbocycles. The molecule has 1 aromatic heterocycles. The third-order valence-electron chi connectivity index (χ3n) is 2.79. The number of benzene rings is 1. The molecule has 4 nitrogen and oxygen atoms in total. The highest BCUT2D eigenvalue weighted by molar-refractivity contribution is 6.06. The lowest BCUT2D eigenvalue weighted by Gasteiger charge is -2.04. The minimum Gasteiger partial charge on any atom is -0.503 e. The van der Waals surface area contributed by atoms with Crippen LogP contribution in [0, 0.1) is 5.82 Å². The number of nitrogens with zero attached hydrogens (tertiary/aromatic N) is 1. The number of aryl methyl sites for hydroxylation is 1. The molecule has 0 amide bonds. The van der Waals surface area contributed by atoms with Crippen molar-refractivity contribution in [3.8, 4) is 5.75 Å². The predicted molar refractivity (Wildman–Crippen MR) is 73.1 cm³/mol. The Balaban J connectivity index is 2.25. The third kappa shape index (κ3) is 3.00. The van der Waals surface area contributed by atoms with Gasteiger partial charge in [-0.05, 0) is 36.4 Å². The van der Waals surface area contributed by atoms with Crippen molar-refractivity contribution in [1.29, 1.82) is 0 Å². The first-order valence-electron chi connectivity index (χ1n) is 5.85. The standard InChI is InChI=1S/C15H12FNO3/c1-17-9-15(20)14(19)8-12(17)6-7-13(18)10-2-4-11(16)5-3-10/h2-9,20H,1H3. The van der Waals surface area contributed by atoms with E-state index in [-0.39, 0.29) is 11.5 Å². The van der Waals surface area contributed by atoms with Gasteiger partial charge in [0.05, 0.1) is 0 Å². The predicted octanol–water partition coefficient (Wildman–Crippen LogP) is 2.13. The Labute approximate surface area is 114 Å². The van der Waals surface area contributed by atoms with Crippen molar-refractivity contribution in [2.24, 2.45) is 7.05 Å². The van der Waals surface area contributed by atoms with E-state index in [1.165, 1.54) is 53.2 Å². The van der Waals surface area contributed by atoms with Crippen molar-refractivity contribution in [3.05, 3.63) is 69.9 Å². The van der Waals surface area contributed by atoms with E-state index in [2.05, 4.69) is 0 Å². The lowest BCUT2D eigenvalue weighted by molar-refractivity contribution is 0.104. The van der Waals surface area contributed by atoms with Crippen molar-refractivity contribution in [3.63, 3.8) is 0 Å². The van der Waals surface area contributed by atoms with Gasteiger partial charge in [-0.15, -0.1) is 0 Å². The summed E-state index contributed by atoms with van der Waals surface area (Å²) < 4.78 is 14.3. The summed E-state index contributed by atoms with van der Waals surface area (Å²) in [6, 6.07) is 6.41. The molecule has 0 radical (unpaired) electrons. The summed E-state index contributed by atoms with van der Waals surface area (Å²) in [6.45, 7) is 0. The summed E-state index contributed by atoms with van der Waals surface area (Å²) in [4.78, 5) is 23.2. The van der Waals surface area contributed by atoms with Gasteiger partial charge in [0.15, 0.2) is 11.5 Å². The summed E-state index contributed by atoms with van der Waals surface area (Å²) in [7, 11) is 1.64. The van der Waals surface area contributed by atoms with Gasteiger partial charge in [0, 0.05) is 30.6 Å². The van der Waals surface area contributed by atoms with Gasteiger partial charge in [-0.1, -0.05) is 0 Å². The molecule has 0 aliphatic rings. The Hall–Kier alpha value is -2.69. The van der Waals surface area contributed by atoms with E-state index in [9.17, 15) is 19.1 Å². The molecular formula is C15H12FNO3. The van der Waals surface area contributed by atoms with Crippen LogP contribution in [-0.2, 0) is 7.05 Å². The van der Waals surface area contributed by atoms with E-state index < -0.39 is 11.2 Å². The summed E-state index contributed by atoms with van der Waals surface area (Å²) in [5, 5.41) is 9.25. The second-order valence-electron chi connectivity index (χ2n) is 4.26. The highest BCUT2D eigenvalue weighted by atomic mass is 19.1. The number of pyridine rings is 1. The van der Waals surface area contributed by atoms with Crippen LogP contribution in [0.2, 0.25) is 0 Å². The van der Waals surface area contributed by atoms with Crippen LogP contribution in [-0.4, -0.2) is 15.5 Å². The lowest BCUT2D eigenvalue weighted by atomic mass is 10.1. The number of carbonyl (C=O) groups excluding carboxylic acids is 1. The van der Waals surface area contributed by atoms with Gasteiger partial charge in [0.2, 0.25) is 5.43 Å². The van der Waals surface area contributed by atoms with Crippen molar-refractivity contribution in [2.45, 2.75) is 0 Å². The molecule has 2 aromatic rings. The van der Waals surface area contributed by atoms with Crippen LogP contribution in [0.5, 0.6) is 5.75 Å². The van der Waals surface area contributed by atoms with Crippen LogP contribution in [0.25, 0.3) is 6.08 Å². The van der Waals surface area contributed by atoms with Crippen LogP contribution >= 0.6 is 0 Å². The fraction of sp³-hybridized carbons (Fsp3) is 0.0667. The number of aromatic hydroxyl groups is 1. The number of carbonyl (C=O) groups is 1. The number of ketones is 1. The van der Waals surface area contributed by atoms with Gasteiger partial charge >= 0.3 is 0 Å². The molecule has 102 valence electrons. The van der Waals surface area contributed by atoms with Gasteiger partial charge in [-0.2, -0.15) is 0 Å². The first-order valence-corrected chi connectivity index (χ1v) is 5.85. The maximum Gasteiger partial charge on any atom is 0.223 e. The molecule has 2 rings (SSSR count). The Morgan fingerprint density at radius 1 is 1.30 bits per heavy atom. The third-order valence-corrected chi connectivity index (χ3v) is 2.79. The molecule has 1 heterocycles. The van der Waals surface area contributed by atoms with E-state index in [4.69, 9.17) is 0 Å². The highest BCUT2D eigenvalue weighted by Crippen LogP contribution is 2.08. The fourth-order valence-electron chi connectivity index (χ4n) is 1.67. The second kappa shape index (κ2) is 5.52. The van der Waals surface area contributed by atoms with Gasteiger partial charge in [-0.3, -0.25) is 9.59 Å². The smallest absolute Gasteiger partial charge is 0.223 e. The SMILES string of the molecule is Cn1cc(O)c(=O)cc1C=CC(=O)c1ccc(F)cc1. The summed E-state index contributed by atoms with van der Waals surface area (Å²) in [5.74, 6) is -1.06. The van der Waals surface area contributed by atoms with Gasteiger partial charge in [0.1, 0.15) is 5.82 Å². The molecule has 1 aromatic carbocycles. The Morgan fingerprint density at radius 3 is 2.60 bits per heavy atom. The fourth-order valence-corrected chi connectivity index (χ4v) is 1.67. The zero-order valence-electron chi connectivity index (χ0n) is 10.7. The number of hydrogen-bond acceptors (Lipinski definition) is 3. The van der Waals surface area contributed by atoms with Crippen LogP contribution in [0.1, 0.15) is 16.1 Å². The molecule has 1 N–H and O–H groups in total. The average molecular weight is 273 g/mol. The summed E-state index contributed by atoms with van der Waals surface area (Å²) >= 11 is 0. The van der Waals surface area contributed by atoms with Crippen molar-refractivity contribution < 1.29 is 14.3 Å². The van der Waals surface area contributed by atoms with Gasteiger partial charge in [-0.25, -0.2) is 4.39 Å². The first-order chi connectivity index (χ1) is 9.47. The van der Waals surface area contributed by atoms with E-state index in [1.807, 2.05) is 0 Å². The maximum absolute atomic E-state index is 12.7. The molecule has 0 aliphatic carbocycles. The van der Waals surface area contributed by atoms with Crippen molar-refractivity contribution in [2.75, 3.05) is 0 Å². The Kier molecular flexibility index (Phi) is 3.79. The lowest BCUT2D eigenvalue weighted by Crippen LogP contribution is -2.06.